The van der Waals surface area contributed by atoms with E-state index in [2.05, 4.69) is 10.1 Å². The van der Waals surface area contributed by atoms with Crippen LogP contribution in [0.5, 0.6) is 0 Å². The molecule has 1 aliphatic rings. The number of para-hydroxylation sites is 1. The second-order valence-electron chi connectivity index (χ2n) is 4.41. The highest BCUT2D eigenvalue weighted by atomic mass is 16.2. The molecule has 0 bridgehead atoms. The summed E-state index contributed by atoms with van der Waals surface area (Å²) in [5.41, 5.74) is 7.82. The van der Waals surface area contributed by atoms with Gasteiger partial charge in [-0.1, -0.05) is 18.2 Å². The van der Waals surface area contributed by atoms with E-state index >= 15 is 0 Å². The average Bonchev–Trinajstić information content (AvgIpc) is 2.85. The topological polar surface area (TPSA) is 91.8 Å². The molecule has 0 spiro atoms. The van der Waals surface area contributed by atoms with Gasteiger partial charge in [-0.25, -0.2) is 0 Å². The number of nitrogen functional groups attached to an aromatic ring is 1. The van der Waals surface area contributed by atoms with Crippen LogP contribution >= 0.6 is 0 Å². The number of aliphatic hydroxyl groups excluding tert-OH is 1. The SMILES string of the molecule is Nc1ccncc1C1=NN(c2ccccc2)C(=O)/C1=C/O. The molecule has 3 rings (SSSR count). The first-order chi connectivity index (χ1) is 10.2. The first-order valence-electron chi connectivity index (χ1n) is 6.25. The summed E-state index contributed by atoms with van der Waals surface area (Å²) in [7, 11) is 0. The summed E-state index contributed by atoms with van der Waals surface area (Å²) in [6, 6.07) is 10.6. The van der Waals surface area contributed by atoms with Gasteiger partial charge in [0, 0.05) is 23.6 Å². The van der Waals surface area contributed by atoms with Crippen molar-refractivity contribution < 1.29 is 9.90 Å². The Hall–Kier alpha value is -3.15. The predicted octanol–water partition coefficient (Wildman–Crippen LogP) is 1.86. The first-order valence-corrected chi connectivity index (χ1v) is 6.25. The molecule has 1 aliphatic heterocycles. The van der Waals surface area contributed by atoms with Gasteiger partial charge in [0.15, 0.2) is 0 Å². The van der Waals surface area contributed by atoms with Crippen LogP contribution in [0, 0.1) is 0 Å². The summed E-state index contributed by atoms with van der Waals surface area (Å²) in [6.45, 7) is 0. The van der Waals surface area contributed by atoms with Gasteiger partial charge in [0.05, 0.1) is 11.9 Å². The van der Waals surface area contributed by atoms with Crippen LogP contribution in [-0.2, 0) is 4.79 Å². The molecule has 104 valence electrons. The number of aromatic nitrogens is 1. The predicted molar refractivity (Wildman–Crippen MR) is 79.8 cm³/mol. The largest absolute Gasteiger partial charge is 0.515 e. The second kappa shape index (κ2) is 5.09. The molecule has 0 aliphatic carbocycles. The Kier molecular flexibility index (Phi) is 3.12. The van der Waals surface area contributed by atoms with Crippen LogP contribution in [0.15, 0.2) is 65.7 Å². The Morgan fingerprint density at radius 3 is 2.62 bits per heavy atom. The number of hydrogen-bond donors (Lipinski definition) is 2. The van der Waals surface area contributed by atoms with Gasteiger partial charge in [-0.2, -0.15) is 10.1 Å². The van der Waals surface area contributed by atoms with Crippen LogP contribution < -0.4 is 10.7 Å². The van der Waals surface area contributed by atoms with Crippen molar-refractivity contribution >= 4 is 23.0 Å². The molecule has 21 heavy (non-hydrogen) atoms. The van der Waals surface area contributed by atoms with E-state index in [9.17, 15) is 9.90 Å². The van der Waals surface area contributed by atoms with Crippen molar-refractivity contribution in [3.63, 3.8) is 0 Å². The number of hydrazone groups is 1. The van der Waals surface area contributed by atoms with E-state index in [0.29, 0.717) is 22.6 Å². The van der Waals surface area contributed by atoms with E-state index in [1.165, 1.54) is 11.2 Å². The first kappa shape index (κ1) is 12.9. The van der Waals surface area contributed by atoms with Crippen LogP contribution in [0.25, 0.3) is 0 Å². The normalized spacial score (nSPS) is 16.4. The van der Waals surface area contributed by atoms with Crippen LogP contribution in [-0.4, -0.2) is 21.7 Å². The summed E-state index contributed by atoms with van der Waals surface area (Å²) in [6.07, 6.45) is 3.81. The lowest BCUT2D eigenvalue weighted by Crippen LogP contribution is -2.21. The molecular formula is C15H12N4O2. The van der Waals surface area contributed by atoms with Crippen LogP contribution in [0.2, 0.25) is 0 Å². The third-order valence-corrected chi connectivity index (χ3v) is 3.12. The minimum Gasteiger partial charge on any atom is -0.515 e. The number of amides is 1. The summed E-state index contributed by atoms with van der Waals surface area (Å²) in [5, 5.41) is 14.9. The molecule has 0 unspecified atom stereocenters. The van der Waals surface area contributed by atoms with Crippen LogP contribution in [0.1, 0.15) is 5.56 Å². The Morgan fingerprint density at radius 1 is 1.19 bits per heavy atom. The molecule has 3 N–H and O–H groups in total. The number of pyridine rings is 1. The van der Waals surface area contributed by atoms with Crippen molar-refractivity contribution in [3.8, 4) is 0 Å². The lowest BCUT2D eigenvalue weighted by molar-refractivity contribution is -0.114. The Labute approximate surface area is 120 Å². The molecule has 1 amide bonds. The number of benzene rings is 1. The summed E-state index contributed by atoms with van der Waals surface area (Å²) in [4.78, 5) is 16.3. The average molecular weight is 280 g/mol. The van der Waals surface area contributed by atoms with E-state index in [1.807, 2.05) is 6.07 Å². The van der Waals surface area contributed by atoms with Crippen molar-refractivity contribution in [3.05, 3.63) is 66.2 Å². The van der Waals surface area contributed by atoms with E-state index in [1.54, 1.807) is 36.5 Å². The molecule has 2 heterocycles. The minimum absolute atomic E-state index is 0.0820. The van der Waals surface area contributed by atoms with Gasteiger partial charge in [0.2, 0.25) is 0 Å². The van der Waals surface area contributed by atoms with Gasteiger partial charge in [-0.05, 0) is 18.2 Å². The Bertz CT molecular complexity index is 753. The number of carbonyl (C=O) groups is 1. The molecule has 0 saturated carbocycles. The van der Waals surface area contributed by atoms with Gasteiger partial charge in [-0.3, -0.25) is 9.78 Å². The van der Waals surface area contributed by atoms with Gasteiger partial charge in [0.25, 0.3) is 5.91 Å². The fraction of sp³-hybridized carbons (Fsp3) is 0. The van der Waals surface area contributed by atoms with E-state index in [0.717, 1.165) is 6.26 Å². The van der Waals surface area contributed by atoms with Crippen LogP contribution in [0.3, 0.4) is 0 Å². The lowest BCUT2D eigenvalue weighted by Gasteiger charge is -2.10. The highest BCUT2D eigenvalue weighted by molar-refractivity contribution is 6.36. The van der Waals surface area contributed by atoms with E-state index in [4.69, 9.17) is 5.73 Å². The Morgan fingerprint density at radius 2 is 1.95 bits per heavy atom. The quantitative estimate of drug-likeness (QED) is 0.648. The molecule has 1 aromatic carbocycles. The molecule has 0 saturated heterocycles. The van der Waals surface area contributed by atoms with Crippen molar-refractivity contribution in [2.24, 2.45) is 5.10 Å². The molecule has 2 aromatic rings. The number of nitrogens with two attached hydrogens (primary N) is 1. The molecule has 1 aromatic heterocycles. The molecule has 6 heteroatoms. The van der Waals surface area contributed by atoms with Crippen molar-refractivity contribution in [1.82, 2.24) is 4.98 Å². The van der Waals surface area contributed by atoms with E-state index in [-0.39, 0.29) is 5.57 Å². The fourth-order valence-electron chi connectivity index (χ4n) is 2.08. The fourth-order valence-corrected chi connectivity index (χ4v) is 2.08. The lowest BCUT2D eigenvalue weighted by atomic mass is 10.0. The van der Waals surface area contributed by atoms with E-state index < -0.39 is 5.91 Å². The number of hydrogen-bond acceptors (Lipinski definition) is 5. The van der Waals surface area contributed by atoms with Crippen molar-refractivity contribution in [2.75, 3.05) is 10.7 Å². The number of aliphatic hydroxyl groups is 1. The molecular weight excluding hydrogens is 268 g/mol. The maximum Gasteiger partial charge on any atom is 0.284 e. The maximum atomic E-state index is 12.4. The second-order valence-corrected chi connectivity index (χ2v) is 4.41. The third kappa shape index (κ3) is 2.12. The zero-order valence-corrected chi connectivity index (χ0v) is 11.0. The van der Waals surface area contributed by atoms with Gasteiger partial charge in [0.1, 0.15) is 11.3 Å². The van der Waals surface area contributed by atoms with Crippen molar-refractivity contribution in [1.29, 1.82) is 0 Å². The summed E-state index contributed by atoms with van der Waals surface area (Å²) < 4.78 is 0. The Balaban J connectivity index is 2.11. The highest BCUT2D eigenvalue weighted by Crippen LogP contribution is 2.27. The maximum absolute atomic E-state index is 12.4. The molecule has 6 nitrogen and oxygen atoms in total. The third-order valence-electron chi connectivity index (χ3n) is 3.12. The molecule has 0 fully saturated rings. The summed E-state index contributed by atoms with van der Waals surface area (Å²) in [5.74, 6) is -0.415. The summed E-state index contributed by atoms with van der Waals surface area (Å²) >= 11 is 0. The smallest absolute Gasteiger partial charge is 0.284 e. The molecule has 0 radical (unpaired) electrons. The number of anilines is 2. The number of rotatable bonds is 2. The van der Waals surface area contributed by atoms with Gasteiger partial charge in [-0.15, -0.1) is 0 Å². The van der Waals surface area contributed by atoms with Crippen LogP contribution in [0.4, 0.5) is 11.4 Å². The number of carbonyl (C=O) groups excluding carboxylic acids is 1. The standard InChI is InChI=1S/C15H12N4O2/c16-13-6-7-17-8-11(13)14-12(9-20)15(21)19(18-14)10-4-2-1-3-5-10/h1-9,20H,(H2,16,17)/b12-9+. The van der Waals surface area contributed by atoms with Gasteiger partial charge < -0.3 is 10.8 Å². The highest BCUT2D eigenvalue weighted by Gasteiger charge is 2.33. The number of nitrogens with zero attached hydrogens (tertiary/aromatic N) is 3. The minimum atomic E-state index is -0.415. The van der Waals surface area contributed by atoms with Gasteiger partial charge >= 0.3 is 0 Å². The molecule has 0 atom stereocenters. The zero-order valence-electron chi connectivity index (χ0n) is 11.0. The van der Waals surface area contributed by atoms with Crippen molar-refractivity contribution in [2.45, 2.75) is 0 Å². The monoisotopic (exact) mass is 280 g/mol. The zero-order chi connectivity index (χ0) is 14.8.